The molecule has 4 amide bonds. The normalized spacial score (nSPS) is 13.0. The van der Waals surface area contributed by atoms with Crippen molar-refractivity contribution in [2.45, 2.75) is 111 Å². The molecule has 0 radical (unpaired) electrons. The molecule has 0 unspecified atom stereocenters. The molecule has 14 heteroatoms. The maximum Gasteiger partial charge on any atom is 0.408 e. The monoisotopic (exact) mass is 713 g/mol. The average Bonchev–Trinajstić information content (AvgIpc) is 2.87. The van der Waals surface area contributed by atoms with Crippen LogP contribution in [0.4, 0.5) is 9.59 Å². The van der Waals surface area contributed by atoms with Crippen LogP contribution in [-0.2, 0) is 35.2 Å². The Bertz CT molecular complexity index is 1170. The Labute approximate surface area is 281 Å². The number of alkyl carbamates (subject to hydrolysis) is 2. The van der Waals surface area contributed by atoms with Crippen molar-refractivity contribution in [1.82, 2.24) is 26.4 Å². The molecule has 0 aromatic heterocycles. The second-order valence-electron chi connectivity index (χ2n) is 13.5. The molecule has 0 fully saturated rings. The van der Waals surface area contributed by atoms with Crippen LogP contribution in [0.3, 0.4) is 0 Å². The zero-order valence-corrected chi connectivity index (χ0v) is 30.2. The van der Waals surface area contributed by atoms with Crippen LogP contribution < -0.4 is 21.4 Å². The number of nitrogens with zero attached hydrogens (tertiary/aromatic N) is 1. The third kappa shape index (κ3) is 19.2. The van der Waals surface area contributed by atoms with Gasteiger partial charge in [-0.05, 0) is 72.8 Å². The van der Waals surface area contributed by atoms with Crippen LogP contribution in [0.2, 0.25) is 0 Å². The molecule has 0 saturated heterocycles. The SMILES string of the molecule is CC(C)C[C@H](NC(=O)OC(C)(C)C)C(=O)N[C@@H](CCCNC(=O)OC(C)(C)C)CC(=O)NN(C)CC(=O)OCc1ccccc1Br. The molecule has 46 heavy (non-hydrogen) atoms. The number of esters is 1. The van der Waals surface area contributed by atoms with E-state index in [1.165, 1.54) is 12.1 Å². The van der Waals surface area contributed by atoms with Gasteiger partial charge in [-0.1, -0.05) is 48.0 Å². The van der Waals surface area contributed by atoms with E-state index in [2.05, 4.69) is 37.3 Å². The van der Waals surface area contributed by atoms with Gasteiger partial charge in [0.15, 0.2) is 0 Å². The van der Waals surface area contributed by atoms with Gasteiger partial charge < -0.3 is 30.2 Å². The number of benzene rings is 1. The third-order valence-electron chi connectivity index (χ3n) is 5.92. The molecular weight excluding hydrogens is 662 g/mol. The van der Waals surface area contributed by atoms with E-state index in [-0.39, 0.29) is 32.0 Å². The molecule has 260 valence electrons. The van der Waals surface area contributed by atoms with Crippen molar-refractivity contribution >= 4 is 45.9 Å². The van der Waals surface area contributed by atoms with Gasteiger partial charge in [-0.15, -0.1) is 0 Å². The number of likely N-dealkylation sites (N-methyl/N-ethyl adjacent to an activating group) is 1. The third-order valence-corrected chi connectivity index (χ3v) is 6.69. The highest BCUT2D eigenvalue weighted by Gasteiger charge is 2.28. The average molecular weight is 715 g/mol. The number of rotatable bonds is 16. The minimum atomic E-state index is -0.901. The fourth-order valence-electron chi connectivity index (χ4n) is 4.07. The van der Waals surface area contributed by atoms with Crippen molar-refractivity contribution in [3.8, 4) is 0 Å². The summed E-state index contributed by atoms with van der Waals surface area (Å²) in [6.45, 7) is 14.4. The molecule has 1 aromatic carbocycles. The Kier molecular flexibility index (Phi) is 17.1. The summed E-state index contributed by atoms with van der Waals surface area (Å²) in [6.07, 6.45) is -0.338. The van der Waals surface area contributed by atoms with Crippen LogP contribution in [0.5, 0.6) is 0 Å². The first-order chi connectivity index (χ1) is 21.2. The first-order valence-corrected chi connectivity index (χ1v) is 16.2. The molecule has 1 aromatic rings. The van der Waals surface area contributed by atoms with Gasteiger partial charge in [0.05, 0.1) is 0 Å². The fraction of sp³-hybridized carbons (Fsp3) is 0.656. The summed E-state index contributed by atoms with van der Waals surface area (Å²) in [6, 6.07) is 5.81. The summed E-state index contributed by atoms with van der Waals surface area (Å²) in [5.41, 5.74) is 2.04. The van der Waals surface area contributed by atoms with Gasteiger partial charge in [-0.2, -0.15) is 0 Å². The van der Waals surface area contributed by atoms with Crippen LogP contribution in [0.25, 0.3) is 0 Å². The van der Waals surface area contributed by atoms with E-state index in [4.69, 9.17) is 14.2 Å². The Morgan fingerprint density at radius 1 is 0.913 bits per heavy atom. The number of nitrogens with one attached hydrogen (secondary N) is 4. The Morgan fingerprint density at radius 2 is 1.52 bits per heavy atom. The summed E-state index contributed by atoms with van der Waals surface area (Å²) < 4.78 is 16.7. The van der Waals surface area contributed by atoms with Gasteiger partial charge >= 0.3 is 18.2 Å². The summed E-state index contributed by atoms with van der Waals surface area (Å²) >= 11 is 3.41. The van der Waals surface area contributed by atoms with Crippen molar-refractivity contribution in [3.05, 3.63) is 34.3 Å². The Morgan fingerprint density at radius 3 is 2.11 bits per heavy atom. The summed E-state index contributed by atoms with van der Waals surface area (Å²) in [5, 5.41) is 9.49. The van der Waals surface area contributed by atoms with Crippen molar-refractivity contribution in [2.24, 2.45) is 5.92 Å². The summed E-state index contributed by atoms with van der Waals surface area (Å²) in [4.78, 5) is 63.2. The zero-order chi connectivity index (χ0) is 35.1. The second kappa shape index (κ2) is 19.3. The van der Waals surface area contributed by atoms with E-state index in [9.17, 15) is 24.0 Å². The predicted octanol–water partition coefficient (Wildman–Crippen LogP) is 4.57. The lowest BCUT2D eigenvalue weighted by molar-refractivity contribution is -0.147. The molecule has 2 atom stereocenters. The topological polar surface area (TPSA) is 164 Å². The van der Waals surface area contributed by atoms with Gasteiger partial charge in [0.2, 0.25) is 11.8 Å². The molecule has 0 aliphatic heterocycles. The highest BCUT2D eigenvalue weighted by Crippen LogP contribution is 2.17. The van der Waals surface area contributed by atoms with Crippen LogP contribution >= 0.6 is 15.9 Å². The zero-order valence-electron chi connectivity index (χ0n) is 28.6. The highest BCUT2D eigenvalue weighted by atomic mass is 79.9. The number of carbonyl (C=O) groups is 5. The van der Waals surface area contributed by atoms with E-state index in [1.54, 1.807) is 41.5 Å². The lowest BCUT2D eigenvalue weighted by Gasteiger charge is -2.27. The molecule has 0 bridgehead atoms. The van der Waals surface area contributed by atoms with E-state index in [0.29, 0.717) is 19.3 Å². The number of hydrogen-bond acceptors (Lipinski definition) is 9. The standard InChI is InChI=1S/C32H52BrN5O8/c1-21(2)17-25(36-30(43)46-32(6,7)8)28(41)35-23(14-12-16-34-29(42)45-31(3,4)5)18-26(39)37-38(9)19-27(40)44-20-22-13-10-11-15-24(22)33/h10-11,13,15,21,23,25H,12,14,16-20H2,1-9H3,(H,34,42)(H,35,41)(H,36,43)(H,37,39)/t23-,25-/m0/s1. The molecule has 1 rings (SSSR count). The molecule has 13 nitrogen and oxygen atoms in total. The molecule has 0 aliphatic rings. The fourth-order valence-corrected chi connectivity index (χ4v) is 4.47. The number of carbonyl (C=O) groups excluding carboxylic acids is 5. The quantitative estimate of drug-likeness (QED) is 0.0831. The largest absolute Gasteiger partial charge is 0.460 e. The minimum absolute atomic E-state index is 0.0712. The minimum Gasteiger partial charge on any atom is -0.460 e. The highest BCUT2D eigenvalue weighted by molar-refractivity contribution is 9.10. The van der Waals surface area contributed by atoms with E-state index in [0.717, 1.165) is 10.0 Å². The molecule has 0 aliphatic carbocycles. The van der Waals surface area contributed by atoms with Gasteiger partial charge in [0.25, 0.3) is 0 Å². The van der Waals surface area contributed by atoms with E-state index >= 15 is 0 Å². The Hall–Kier alpha value is -3.39. The molecule has 4 N–H and O–H groups in total. The van der Waals surface area contributed by atoms with Crippen molar-refractivity contribution in [3.63, 3.8) is 0 Å². The molecular formula is C32H52BrN5O8. The number of hydrogen-bond donors (Lipinski definition) is 4. The smallest absolute Gasteiger partial charge is 0.408 e. The lowest BCUT2D eigenvalue weighted by Crippen LogP contribution is -2.52. The van der Waals surface area contributed by atoms with Gasteiger partial charge in [0, 0.05) is 36.1 Å². The van der Waals surface area contributed by atoms with Crippen molar-refractivity contribution in [1.29, 1.82) is 0 Å². The van der Waals surface area contributed by atoms with E-state index < -0.39 is 53.3 Å². The molecule has 0 spiro atoms. The predicted molar refractivity (Wildman–Crippen MR) is 177 cm³/mol. The van der Waals surface area contributed by atoms with Crippen molar-refractivity contribution < 1.29 is 38.2 Å². The maximum atomic E-state index is 13.4. The number of amides is 4. The number of hydrazine groups is 1. The molecule has 0 saturated carbocycles. The van der Waals surface area contributed by atoms with Crippen molar-refractivity contribution in [2.75, 3.05) is 20.1 Å². The first kappa shape index (κ1) is 40.6. The summed E-state index contributed by atoms with van der Waals surface area (Å²) in [7, 11) is 1.53. The van der Waals surface area contributed by atoms with Gasteiger partial charge in [-0.25, -0.2) is 14.6 Å². The van der Waals surface area contributed by atoms with Crippen LogP contribution in [-0.4, -0.2) is 78.4 Å². The lowest BCUT2D eigenvalue weighted by atomic mass is 10.0. The Balaban J connectivity index is 2.86. The second-order valence-corrected chi connectivity index (χ2v) is 14.3. The number of ether oxygens (including phenoxy) is 3. The number of halogens is 1. The van der Waals surface area contributed by atoms with Crippen LogP contribution in [0.15, 0.2) is 28.7 Å². The first-order valence-electron chi connectivity index (χ1n) is 15.4. The van der Waals surface area contributed by atoms with E-state index in [1.807, 2.05) is 38.1 Å². The van der Waals surface area contributed by atoms with Gasteiger partial charge in [-0.3, -0.25) is 19.8 Å². The maximum absolute atomic E-state index is 13.4. The van der Waals surface area contributed by atoms with Gasteiger partial charge in [0.1, 0.15) is 30.4 Å². The van der Waals surface area contributed by atoms with Crippen LogP contribution in [0, 0.1) is 5.92 Å². The van der Waals surface area contributed by atoms with Crippen LogP contribution in [0.1, 0.15) is 86.6 Å². The molecule has 0 heterocycles. The summed E-state index contributed by atoms with van der Waals surface area (Å²) in [5.74, 6) is -1.39.